The maximum atomic E-state index is 13.0. The SMILES string of the molecule is CCN(CCC(=O)O)C(=O)CCCc1ccc(F)c(F)c1. The summed E-state index contributed by atoms with van der Waals surface area (Å²) < 4.78 is 25.8. The van der Waals surface area contributed by atoms with Crippen LogP contribution in [0, 0.1) is 11.6 Å². The van der Waals surface area contributed by atoms with Gasteiger partial charge >= 0.3 is 5.97 Å². The number of benzene rings is 1. The van der Waals surface area contributed by atoms with Crippen molar-refractivity contribution in [2.24, 2.45) is 0 Å². The number of rotatable bonds is 8. The van der Waals surface area contributed by atoms with E-state index in [0.717, 1.165) is 12.1 Å². The van der Waals surface area contributed by atoms with E-state index in [2.05, 4.69) is 0 Å². The largest absolute Gasteiger partial charge is 0.481 e. The average molecular weight is 299 g/mol. The lowest BCUT2D eigenvalue weighted by Gasteiger charge is -2.19. The van der Waals surface area contributed by atoms with Crippen molar-refractivity contribution in [2.45, 2.75) is 32.6 Å². The highest BCUT2D eigenvalue weighted by molar-refractivity contribution is 5.77. The Bertz CT molecular complexity index is 506. The summed E-state index contributed by atoms with van der Waals surface area (Å²) >= 11 is 0. The van der Waals surface area contributed by atoms with Crippen LogP contribution < -0.4 is 0 Å². The molecule has 0 fully saturated rings. The number of carbonyl (C=O) groups excluding carboxylic acids is 1. The highest BCUT2D eigenvalue weighted by atomic mass is 19.2. The Kier molecular flexibility index (Phi) is 6.78. The zero-order valence-corrected chi connectivity index (χ0v) is 11.9. The second kappa shape index (κ2) is 8.34. The van der Waals surface area contributed by atoms with E-state index in [9.17, 15) is 18.4 Å². The summed E-state index contributed by atoms with van der Waals surface area (Å²) in [6.45, 7) is 2.43. The number of aryl methyl sites for hydroxylation is 1. The molecule has 0 saturated carbocycles. The van der Waals surface area contributed by atoms with Crippen LogP contribution in [0.15, 0.2) is 18.2 Å². The van der Waals surface area contributed by atoms with E-state index in [4.69, 9.17) is 5.11 Å². The van der Waals surface area contributed by atoms with Crippen molar-refractivity contribution in [2.75, 3.05) is 13.1 Å². The van der Waals surface area contributed by atoms with Gasteiger partial charge in [0.2, 0.25) is 5.91 Å². The van der Waals surface area contributed by atoms with Crippen molar-refractivity contribution in [3.05, 3.63) is 35.4 Å². The minimum absolute atomic E-state index is 0.0806. The van der Waals surface area contributed by atoms with Crippen molar-refractivity contribution in [1.82, 2.24) is 4.90 Å². The van der Waals surface area contributed by atoms with Crippen molar-refractivity contribution < 1.29 is 23.5 Å². The molecule has 0 spiro atoms. The van der Waals surface area contributed by atoms with Crippen LogP contribution >= 0.6 is 0 Å². The van der Waals surface area contributed by atoms with Gasteiger partial charge in [0.15, 0.2) is 11.6 Å². The molecule has 0 bridgehead atoms. The smallest absolute Gasteiger partial charge is 0.305 e. The standard InChI is InChI=1S/C15H19F2NO3/c1-2-18(9-8-15(20)21)14(19)5-3-4-11-6-7-12(16)13(17)10-11/h6-7,10H,2-5,8-9H2,1H3,(H,20,21). The summed E-state index contributed by atoms with van der Waals surface area (Å²) in [5.74, 6) is -2.85. The van der Waals surface area contributed by atoms with Gasteiger partial charge in [0.25, 0.3) is 0 Å². The molecule has 21 heavy (non-hydrogen) atoms. The maximum absolute atomic E-state index is 13.0. The first-order valence-electron chi connectivity index (χ1n) is 6.87. The molecule has 0 unspecified atom stereocenters. The van der Waals surface area contributed by atoms with Gasteiger partial charge in [0.1, 0.15) is 0 Å². The number of halogens is 2. The zero-order valence-electron chi connectivity index (χ0n) is 11.9. The number of carbonyl (C=O) groups is 2. The predicted octanol–water partition coefficient (Wildman–Crippen LogP) is 2.61. The average Bonchev–Trinajstić information content (AvgIpc) is 2.43. The van der Waals surface area contributed by atoms with E-state index in [-0.39, 0.29) is 25.3 Å². The molecule has 1 aromatic rings. The molecule has 0 aromatic heterocycles. The molecule has 1 aromatic carbocycles. The van der Waals surface area contributed by atoms with E-state index in [1.807, 2.05) is 0 Å². The summed E-state index contributed by atoms with van der Waals surface area (Å²) in [5, 5.41) is 8.61. The molecule has 6 heteroatoms. The third kappa shape index (κ3) is 5.89. The van der Waals surface area contributed by atoms with Crippen LogP contribution in [0.2, 0.25) is 0 Å². The Balaban J connectivity index is 2.40. The van der Waals surface area contributed by atoms with Crippen LogP contribution in [0.5, 0.6) is 0 Å². The number of amides is 1. The monoisotopic (exact) mass is 299 g/mol. The molecule has 0 radical (unpaired) electrons. The molecule has 0 saturated heterocycles. The van der Waals surface area contributed by atoms with Crippen molar-refractivity contribution in [3.63, 3.8) is 0 Å². The van der Waals surface area contributed by atoms with E-state index in [1.54, 1.807) is 6.92 Å². The summed E-state index contributed by atoms with van der Waals surface area (Å²) in [7, 11) is 0. The molecular formula is C15H19F2NO3. The summed E-state index contributed by atoms with van der Waals surface area (Å²) in [6, 6.07) is 3.68. The number of nitrogens with zero attached hydrogens (tertiary/aromatic N) is 1. The molecule has 116 valence electrons. The first kappa shape index (κ1) is 17.1. The Hall–Kier alpha value is -1.98. The van der Waals surface area contributed by atoms with Gasteiger partial charge in [-0.15, -0.1) is 0 Å². The van der Waals surface area contributed by atoms with Gasteiger partial charge < -0.3 is 10.0 Å². The Morgan fingerprint density at radius 3 is 2.48 bits per heavy atom. The van der Waals surface area contributed by atoms with Gasteiger partial charge in [-0.2, -0.15) is 0 Å². The third-order valence-corrected chi connectivity index (χ3v) is 3.17. The van der Waals surface area contributed by atoms with Gasteiger partial charge in [-0.3, -0.25) is 9.59 Å². The van der Waals surface area contributed by atoms with Crippen LogP contribution in [0.3, 0.4) is 0 Å². The van der Waals surface area contributed by atoms with Gasteiger partial charge in [-0.25, -0.2) is 8.78 Å². The topological polar surface area (TPSA) is 57.6 Å². The summed E-state index contributed by atoms with van der Waals surface area (Å²) in [6.07, 6.45) is 1.15. The van der Waals surface area contributed by atoms with Crippen LogP contribution in [-0.2, 0) is 16.0 Å². The number of carboxylic acid groups (broad SMARTS) is 1. The van der Waals surface area contributed by atoms with E-state index >= 15 is 0 Å². The number of hydrogen-bond acceptors (Lipinski definition) is 2. The number of aliphatic carboxylic acids is 1. The molecule has 0 atom stereocenters. The van der Waals surface area contributed by atoms with Crippen molar-refractivity contribution in [3.8, 4) is 0 Å². The predicted molar refractivity (Wildman–Crippen MR) is 73.8 cm³/mol. The zero-order chi connectivity index (χ0) is 15.8. The van der Waals surface area contributed by atoms with E-state index in [1.165, 1.54) is 11.0 Å². The second-order valence-corrected chi connectivity index (χ2v) is 4.72. The van der Waals surface area contributed by atoms with Gasteiger partial charge in [0, 0.05) is 19.5 Å². The number of hydrogen-bond donors (Lipinski definition) is 1. The van der Waals surface area contributed by atoms with E-state index < -0.39 is 17.6 Å². The molecule has 0 aliphatic carbocycles. The molecule has 0 aliphatic heterocycles. The minimum atomic E-state index is -0.942. The lowest BCUT2D eigenvalue weighted by Crippen LogP contribution is -2.32. The fourth-order valence-electron chi connectivity index (χ4n) is 1.99. The summed E-state index contributed by atoms with van der Waals surface area (Å²) in [5.41, 5.74) is 0.635. The Morgan fingerprint density at radius 1 is 1.19 bits per heavy atom. The lowest BCUT2D eigenvalue weighted by atomic mass is 10.1. The van der Waals surface area contributed by atoms with Crippen LogP contribution in [0.25, 0.3) is 0 Å². The van der Waals surface area contributed by atoms with Gasteiger partial charge in [-0.1, -0.05) is 6.07 Å². The molecule has 0 aliphatic rings. The van der Waals surface area contributed by atoms with Gasteiger partial charge in [0.05, 0.1) is 6.42 Å². The minimum Gasteiger partial charge on any atom is -0.481 e. The first-order chi connectivity index (χ1) is 9.93. The summed E-state index contributed by atoms with van der Waals surface area (Å²) in [4.78, 5) is 23.9. The Morgan fingerprint density at radius 2 is 1.90 bits per heavy atom. The van der Waals surface area contributed by atoms with Gasteiger partial charge in [-0.05, 0) is 37.5 Å². The quantitative estimate of drug-likeness (QED) is 0.802. The molecule has 4 nitrogen and oxygen atoms in total. The fourth-order valence-corrected chi connectivity index (χ4v) is 1.99. The van der Waals surface area contributed by atoms with Crippen molar-refractivity contribution in [1.29, 1.82) is 0 Å². The Labute approximate surface area is 122 Å². The first-order valence-corrected chi connectivity index (χ1v) is 6.87. The normalized spacial score (nSPS) is 10.4. The second-order valence-electron chi connectivity index (χ2n) is 4.72. The number of carboxylic acids is 1. The van der Waals surface area contributed by atoms with E-state index in [0.29, 0.717) is 24.9 Å². The van der Waals surface area contributed by atoms with Crippen LogP contribution in [0.1, 0.15) is 31.7 Å². The molecule has 1 amide bonds. The van der Waals surface area contributed by atoms with Crippen molar-refractivity contribution >= 4 is 11.9 Å². The molecule has 0 heterocycles. The third-order valence-electron chi connectivity index (χ3n) is 3.17. The lowest BCUT2D eigenvalue weighted by molar-refractivity contribution is -0.138. The highest BCUT2D eigenvalue weighted by Gasteiger charge is 2.12. The molecule has 1 rings (SSSR count). The highest BCUT2D eigenvalue weighted by Crippen LogP contribution is 2.12. The molecular weight excluding hydrogens is 280 g/mol. The molecule has 1 N–H and O–H groups in total. The van der Waals surface area contributed by atoms with Crippen LogP contribution in [0.4, 0.5) is 8.78 Å². The fraction of sp³-hybridized carbons (Fsp3) is 0.467. The maximum Gasteiger partial charge on any atom is 0.305 e. The van der Waals surface area contributed by atoms with Crippen LogP contribution in [-0.4, -0.2) is 35.0 Å².